The van der Waals surface area contributed by atoms with E-state index in [0.717, 1.165) is 56.1 Å². The molecule has 31 heavy (non-hydrogen) atoms. The van der Waals surface area contributed by atoms with Crippen LogP contribution in [0.15, 0.2) is 18.2 Å². The molecule has 7 nitrogen and oxygen atoms in total. The Kier molecular flexibility index (Phi) is 8.18. The molecule has 2 aliphatic carbocycles. The summed E-state index contributed by atoms with van der Waals surface area (Å²) < 4.78 is 10.6. The first-order valence-corrected chi connectivity index (χ1v) is 11.4. The second-order valence-corrected chi connectivity index (χ2v) is 8.95. The van der Waals surface area contributed by atoms with E-state index in [1.807, 2.05) is 12.1 Å². The number of carboxylic acid groups (broad SMARTS) is 2. The minimum Gasteiger partial charge on any atom is -0.482 e. The van der Waals surface area contributed by atoms with Gasteiger partial charge in [-0.15, -0.1) is 0 Å². The van der Waals surface area contributed by atoms with Gasteiger partial charge in [-0.3, -0.25) is 0 Å². The second-order valence-electron chi connectivity index (χ2n) is 8.95. The summed E-state index contributed by atoms with van der Waals surface area (Å²) in [6.45, 7) is 1.75. The average molecular weight is 435 g/mol. The standard InChI is InChI=1S/C24H34O7/c1-2-3-4-7-17(31-24(28)29)9-10-18-19-11-15-6-5-8-22(30-14-23(26)27)20(15)12-16(19)13-21(18)25/h5-6,8,16-19,21,25H,2-4,7,9-14H2,1H3,(H,26,27)(H,28,29)/t16-,17-,18+,19-,21+/m0/s1. The summed E-state index contributed by atoms with van der Waals surface area (Å²) in [5.41, 5.74) is 2.22. The summed E-state index contributed by atoms with van der Waals surface area (Å²) in [6, 6.07) is 5.76. The lowest BCUT2D eigenvalue weighted by atomic mass is 9.73. The molecule has 1 saturated carbocycles. The van der Waals surface area contributed by atoms with Gasteiger partial charge in [0.25, 0.3) is 0 Å². The van der Waals surface area contributed by atoms with Crippen molar-refractivity contribution >= 4 is 12.1 Å². The van der Waals surface area contributed by atoms with Crippen molar-refractivity contribution in [1.82, 2.24) is 0 Å². The predicted molar refractivity (Wildman–Crippen MR) is 114 cm³/mol. The van der Waals surface area contributed by atoms with Gasteiger partial charge in [0.05, 0.1) is 6.10 Å². The molecule has 3 N–H and O–H groups in total. The first kappa shape index (κ1) is 23.4. The first-order valence-electron chi connectivity index (χ1n) is 11.4. The van der Waals surface area contributed by atoms with Gasteiger partial charge in [0.1, 0.15) is 11.9 Å². The summed E-state index contributed by atoms with van der Waals surface area (Å²) in [4.78, 5) is 22.0. The number of ether oxygens (including phenoxy) is 2. The van der Waals surface area contributed by atoms with E-state index in [-0.39, 0.29) is 18.6 Å². The minimum atomic E-state index is -1.23. The Bertz CT molecular complexity index is 762. The largest absolute Gasteiger partial charge is 0.506 e. The van der Waals surface area contributed by atoms with Crippen molar-refractivity contribution in [2.24, 2.45) is 17.8 Å². The molecular weight excluding hydrogens is 400 g/mol. The zero-order valence-corrected chi connectivity index (χ0v) is 18.2. The molecule has 0 heterocycles. The monoisotopic (exact) mass is 434 g/mol. The van der Waals surface area contributed by atoms with Crippen LogP contribution in [-0.4, -0.2) is 46.3 Å². The number of fused-ring (bicyclic) bond motifs is 2. The van der Waals surface area contributed by atoms with Gasteiger partial charge in [0.2, 0.25) is 0 Å². The van der Waals surface area contributed by atoms with Crippen LogP contribution in [0.25, 0.3) is 0 Å². The van der Waals surface area contributed by atoms with Crippen molar-refractivity contribution in [3.8, 4) is 5.75 Å². The van der Waals surface area contributed by atoms with Crippen LogP contribution in [0.4, 0.5) is 4.79 Å². The van der Waals surface area contributed by atoms with E-state index in [0.29, 0.717) is 30.4 Å². The summed E-state index contributed by atoms with van der Waals surface area (Å²) in [7, 11) is 0. The number of aliphatic carboxylic acids is 1. The molecule has 0 amide bonds. The Morgan fingerprint density at radius 1 is 1.16 bits per heavy atom. The fourth-order valence-corrected chi connectivity index (χ4v) is 5.48. The number of rotatable bonds is 11. The molecule has 0 aromatic heterocycles. The van der Waals surface area contributed by atoms with E-state index >= 15 is 0 Å². The molecule has 1 aromatic carbocycles. The molecule has 0 unspecified atom stereocenters. The van der Waals surface area contributed by atoms with Crippen molar-refractivity contribution in [2.45, 2.75) is 76.9 Å². The quantitative estimate of drug-likeness (QED) is 0.352. The maximum atomic E-state index is 11.1. The molecule has 3 rings (SSSR count). The van der Waals surface area contributed by atoms with E-state index in [1.54, 1.807) is 0 Å². The van der Waals surface area contributed by atoms with Crippen molar-refractivity contribution in [2.75, 3.05) is 6.61 Å². The van der Waals surface area contributed by atoms with Crippen LogP contribution in [0.5, 0.6) is 5.75 Å². The van der Waals surface area contributed by atoms with Gasteiger partial charge in [-0.25, -0.2) is 9.59 Å². The number of hydrogen-bond donors (Lipinski definition) is 3. The molecule has 1 aromatic rings. The number of aliphatic hydroxyl groups is 1. The number of aliphatic hydroxyl groups excluding tert-OH is 1. The van der Waals surface area contributed by atoms with Crippen molar-refractivity contribution in [3.63, 3.8) is 0 Å². The molecule has 0 aliphatic heterocycles. The Balaban J connectivity index is 1.65. The zero-order valence-electron chi connectivity index (χ0n) is 18.2. The lowest BCUT2D eigenvalue weighted by Gasteiger charge is -2.32. The zero-order chi connectivity index (χ0) is 22.4. The summed E-state index contributed by atoms with van der Waals surface area (Å²) in [6.07, 6.45) is 5.53. The van der Waals surface area contributed by atoms with Gasteiger partial charge in [-0.2, -0.15) is 0 Å². The molecule has 0 radical (unpaired) electrons. The maximum Gasteiger partial charge on any atom is 0.506 e. The first-order chi connectivity index (χ1) is 14.9. The van der Waals surface area contributed by atoms with Gasteiger partial charge in [-0.05, 0) is 79.9 Å². The molecule has 1 fully saturated rings. The van der Waals surface area contributed by atoms with Gasteiger partial charge in [-0.1, -0.05) is 31.9 Å². The van der Waals surface area contributed by atoms with E-state index in [1.165, 1.54) is 0 Å². The third-order valence-electron chi connectivity index (χ3n) is 6.92. The fourth-order valence-electron chi connectivity index (χ4n) is 5.48. The molecule has 0 spiro atoms. The molecule has 0 saturated heterocycles. The lowest BCUT2D eigenvalue weighted by Crippen LogP contribution is -2.28. The number of hydrogen-bond acceptors (Lipinski definition) is 5. The summed E-state index contributed by atoms with van der Waals surface area (Å²) >= 11 is 0. The third kappa shape index (κ3) is 6.12. The molecule has 172 valence electrons. The maximum absolute atomic E-state index is 11.1. The highest BCUT2D eigenvalue weighted by Crippen LogP contribution is 2.48. The topological polar surface area (TPSA) is 113 Å². The van der Waals surface area contributed by atoms with Crippen LogP contribution >= 0.6 is 0 Å². The number of unbranched alkanes of at least 4 members (excludes halogenated alkanes) is 2. The average Bonchev–Trinajstić information content (AvgIpc) is 3.02. The van der Waals surface area contributed by atoms with E-state index in [9.17, 15) is 14.7 Å². The Morgan fingerprint density at radius 2 is 1.97 bits per heavy atom. The van der Waals surface area contributed by atoms with E-state index in [4.69, 9.17) is 19.7 Å². The second kappa shape index (κ2) is 10.8. The Morgan fingerprint density at radius 3 is 2.68 bits per heavy atom. The highest BCUT2D eigenvalue weighted by Gasteiger charge is 2.45. The fraction of sp³-hybridized carbons (Fsp3) is 0.667. The molecule has 0 bridgehead atoms. The number of carboxylic acids is 1. The van der Waals surface area contributed by atoms with Crippen molar-refractivity contribution in [3.05, 3.63) is 29.3 Å². The molecular formula is C24H34O7. The van der Waals surface area contributed by atoms with E-state index < -0.39 is 18.2 Å². The number of carbonyl (C=O) groups is 2. The van der Waals surface area contributed by atoms with Crippen LogP contribution in [0.3, 0.4) is 0 Å². The molecule has 5 atom stereocenters. The summed E-state index contributed by atoms with van der Waals surface area (Å²) in [5, 5.41) is 28.8. The van der Waals surface area contributed by atoms with Crippen LogP contribution in [0, 0.1) is 17.8 Å². The Labute approximate surface area is 183 Å². The Hall–Kier alpha value is -2.28. The van der Waals surface area contributed by atoms with Crippen LogP contribution < -0.4 is 4.74 Å². The van der Waals surface area contributed by atoms with Crippen LogP contribution in [-0.2, 0) is 22.4 Å². The van der Waals surface area contributed by atoms with Gasteiger partial charge in [0.15, 0.2) is 6.61 Å². The third-order valence-corrected chi connectivity index (χ3v) is 6.92. The van der Waals surface area contributed by atoms with Crippen molar-refractivity contribution in [1.29, 1.82) is 0 Å². The predicted octanol–water partition coefficient (Wildman–Crippen LogP) is 4.29. The highest BCUT2D eigenvalue weighted by atomic mass is 16.7. The smallest absolute Gasteiger partial charge is 0.482 e. The lowest BCUT2D eigenvalue weighted by molar-refractivity contribution is -0.139. The van der Waals surface area contributed by atoms with Crippen molar-refractivity contribution < 1.29 is 34.4 Å². The van der Waals surface area contributed by atoms with Gasteiger partial charge in [0, 0.05) is 0 Å². The van der Waals surface area contributed by atoms with Gasteiger partial charge < -0.3 is 24.8 Å². The van der Waals surface area contributed by atoms with Gasteiger partial charge >= 0.3 is 12.1 Å². The summed E-state index contributed by atoms with van der Waals surface area (Å²) in [5.74, 6) is 0.397. The van der Waals surface area contributed by atoms with E-state index in [2.05, 4.69) is 13.0 Å². The molecule has 2 aliphatic rings. The van der Waals surface area contributed by atoms with Crippen LogP contribution in [0.1, 0.15) is 63.0 Å². The minimum absolute atomic E-state index is 0.118. The van der Waals surface area contributed by atoms with Crippen LogP contribution in [0.2, 0.25) is 0 Å². The SMILES string of the molecule is CCCCC[C@@H](CC[C@@H]1[C@H]2Cc3cccc(OCC(=O)O)c3C[C@H]2C[C@H]1O)OC(=O)O. The highest BCUT2D eigenvalue weighted by molar-refractivity contribution is 5.68. The molecule has 7 heteroatoms. The normalized spacial score (nSPS) is 25.4. The number of benzene rings is 1.